The molecule has 1 atom stereocenters. The fourth-order valence-electron chi connectivity index (χ4n) is 3.29. The minimum absolute atomic E-state index is 0.190. The molecule has 1 aliphatic carbocycles. The fraction of sp³-hybridized carbons (Fsp3) is 0.706. The Balaban J connectivity index is 1.91. The summed E-state index contributed by atoms with van der Waals surface area (Å²) in [7, 11) is 0. The Bertz CT molecular complexity index is 626. The van der Waals surface area contributed by atoms with Crippen molar-refractivity contribution in [1.29, 1.82) is 0 Å². The highest BCUT2D eigenvalue weighted by Gasteiger charge is 2.36. The van der Waals surface area contributed by atoms with Crippen LogP contribution in [0.5, 0.6) is 0 Å². The van der Waals surface area contributed by atoms with E-state index >= 15 is 0 Å². The predicted molar refractivity (Wildman–Crippen MR) is 85.5 cm³/mol. The molecule has 1 aromatic rings. The van der Waals surface area contributed by atoms with Crippen LogP contribution in [0, 0.1) is 0 Å². The van der Waals surface area contributed by atoms with E-state index in [1.807, 2.05) is 10.7 Å². The van der Waals surface area contributed by atoms with Gasteiger partial charge < -0.3 is 10.0 Å². The summed E-state index contributed by atoms with van der Waals surface area (Å²) in [6.45, 7) is 6.71. The second-order valence-corrected chi connectivity index (χ2v) is 7.66. The Labute approximate surface area is 136 Å². The number of likely N-dealkylation sites (tertiary alicyclic amines) is 1. The van der Waals surface area contributed by atoms with Crippen LogP contribution in [-0.4, -0.2) is 44.3 Å². The van der Waals surface area contributed by atoms with Gasteiger partial charge in [-0.25, -0.2) is 4.79 Å². The molecule has 2 heterocycles. The molecular weight excluding hydrogens is 294 g/mol. The van der Waals surface area contributed by atoms with E-state index in [2.05, 4.69) is 25.9 Å². The van der Waals surface area contributed by atoms with Crippen LogP contribution in [0.25, 0.3) is 0 Å². The molecule has 2 aliphatic rings. The van der Waals surface area contributed by atoms with Gasteiger partial charge in [0.15, 0.2) is 5.69 Å². The van der Waals surface area contributed by atoms with E-state index in [0.717, 1.165) is 31.4 Å². The smallest absolute Gasteiger partial charge is 0.326 e. The van der Waals surface area contributed by atoms with Crippen LogP contribution in [0.15, 0.2) is 6.07 Å². The predicted octanol–water partition coefficient (Wildman–Crippen LogP) is 2.59. The SMILES string of the molecule is CC(C)(C)n1nc(C(=O)N2CCCCC2C(=O)O)cc1C1CC1. The average molecular weight is 319 g/mol. The molecule has 0 bridgehead atoms. The van der Waals surface area contributed by atoms with E-state index in [-0.39, 0.29) is 11.4 Å². The number of hydrogen-bond donors (Lipinski definition) is 1. The normalized spacial score (nSPS) is 22.2. The number of piperidine rings is 1. The standard InChI is InChI=1S/C17H25N3O3/c1-17(2,3)20-14(11-7-8-11)10-12(18-20)15(21)19-9-5-4-6-13(19)16(22)23/h10-11,13H,4-9H2,1-3H3,(H,22,23). The van der Waals surface area contributed by atoms with E-state index in [9.17, 15) is 14.7 Å². The van der Waals surface area contributed by atoms with E-state index in [4.69, 9.17) is 0 Å². The fourth-order valence-corrected chi connectivity index (χ4v) is 3.29. The molecule has 0 radical (unpaired) electrons. The van der Waals surface area contributed by atoms with Crippen LogP contribution in [0.2, 0.25) is 0 Å². The summed E-state index contributed by atoms with van der Waals surface area (Å²) in [6.07, 6.45) is 4.50. The number of carbonyl (C=O) groups is 2. The van der Waals surface area contributed by atoms with Gasteiger partial charge in [-0.05, 0) is 58.9 Å². The molecule has 6 heteroatoms. The van der Waals surface area contributed by atoms with Crippen LogP contribution in [0.1, 0.15) is 75.0 Å². The number of carboxylic acids is 1. The summed E-state index contributed by atoms with van der Waals surface area (Å²) in [4.78, 5) is 25.8. The van der Waals surface area contributed by atoms with Crippen LogP contribution >= 0.6 is 0 Å². The third-order valence-electron chi connectivity index (χ3n) is 4.64. The number of carboxylic acid groups (broad SMARTS) is 1. The zero-order valence-corrected chi connectivity index (χ0v) is 14.1. The number of hydrogen-bond acceptors (Lipinski definition) is 3. The summed E-state index contributed by atoms with van der Waals surface area (Å²) < 4.78 is 1.94. The number of nitrogens with zero attached hydrogens (tertiary/aromatic N) is 3. The molecule has 2 fully saturated rings. The molecule has 3 rings (SSSR count). The monoisotopic (exact) mass is 319 g/mol. The highest BCUT2D eigenvalue weighted by atomic mass is 16.4. The van der Waals surface area contributed by atoms with Gasteiger partial charge in [-0.3, -0.25) is 9.48 Å². The number of amides is 1. The lowest BCUT2D eigenvalue weighted by Crippen LogP contribution is -2.48. The summed E-state index contributed by atoms with van der Waals surface area (Å²) in [5, 5.41) is 13.9. The van der Waals surface area contributed by atoms with Crippen LogP contribution in [-0.2, 0) is 10.3 Å². The third-order valence-corrected chi connectivity index (χ3v) is 4.64. The van der Waals surface area contributed by atoms with Gasteiger partial charge in [0.05, 0.1) is 5.54 Å². The maximum Gasteiger partial charge on any atom is 0.326 e. The molecule has 1 aliphatic heterocycles. The summed E-state index contributed by atoms with van der Waals surface area (Å²) in [5.41, 5.74) is 1.30. The molecular formula is C17H25N3O3. The lowest BCUT2D eigenvalue weighted by atomic mass is 10.0. The summed E-state index contributed by atoms with van der Waals surface area (Å²) in [5.74, 6) is -0.683. The van der Waals surface area contributed by atoms with Crippen molar-refractivity contribution in [2.24, 2.45) is 0 Å². The van der Waals surface area contributed by atoms with Crippen molar-refractivity contribution in [3.8, 4) is 0 Å². The molecule has 0 spiro atoms. The first kappa shape index (κ1) is 16.0. The molecule has 6 nitrogen and oxygen atoms in total. The first-order valence-corrected chi connectivity index (χ1v) is 8.43. The summed E-state index contributed by atoms with van der Waals surface area (Å²) in [6, 6.07) is 1.15. The van der Waals surface area contributed by atoms with Crippen molar-refractivity contribution in [2.45, 2.75) is 70.4 Å². The molecule has 1 saturated carbocycles. The quantitative estimate of drug-likeness (QED) is 0.929. The lowest BCUT2D eigenvalue weighted by Gasteiger charge is -2.32. The Morgan fingerprint density at radius 3 is 2.48 bits per heavy atom. The highest BCUT2D eigenvalue weighted by molar-refractivity contribution is 5.95. The van der Waals surface area contributed by atoms with Gasteiger partial charge in [-0.15, -0.1) is 0 Å². The molecule has 126 valence electrons. The van der Waals surface area contributed by atoms with Crippen LogP contribution < -0.4 is 0 Å². The van der Waals surface area contributed by atoms with Crippen molar-refractivity contribution < 1.29 is 14.7 Å². The van der Waals surface area contributed by atoms with Gasteiger partial charge >= 0.3 is 5.97 Å². The van der Waals surface area contributed by atoms with Crippen molar-refractivity contribution in [2.75, 3.05) is 6.54 Å². The van der Waals surface area contributed by atoms with Gasteiger partial charge in [-0.1, -0.05) is 0 Å². The Kier molecular flexibility index (Phi) is 3.94. The van der Waals surface area contributed by atoms with Gasteiger partial charge in [0, 0.05) is 18.2 Å². The molecule has 1 unspecified atom stereocenters. The van der Waals surface area contributed by atoms with Crippen LogP contribution in [0.4, 0.5) is 0 Å². The molecule has 1 amide bonds. The molecule has 23 heavy (non-hydrogen) atoms. The maximum absolute atomic E-state index is 12.8. The Morgan fingerprint density at radius 2 is 1.91 bits per heavy atom. The number of aliphatic carboxylic acids is 1. The van der Waals surface area contributed by atoms with Gasteiger partial charge in [0.25, 0.3) is 5.91 Å². The van der Waals surface area contributed by atoms with E-state index in [1.54, 1.807) is 0 Å². The van der Waals surface area contributed by atoms with Gasteiger partial charge in [0.2, 0.25) is 0 Å². The van der Waals surface area contributed by atoms with Gasteiger partial charge in [0.1, 0.15) is 6.04 Å². The Morgan fingerprint density at radius 1 is 1.22 bits per heavy atom. The van der Waals surface area contributed by atoms with Gasteiger partial charge in [-0.2, -0.15) is 5.10 Å². The maximum atomic E-state index is 12.8. The van der Waals surface area contributed by atoms with E-state index in [1.165, 1.54) is 4.90 Å². The summed E-state index contributed by atoms with van der Waals surface area (Å²) >= 11 is 0. The zero-order chi connectivity index (χ0) is 16.8. The first-order chi connectivity index (χ1) is 10.8. The van der Waals surface area contributed by atoms with E-state index < -0.39 is 12.0 Å². The molecule has 1 saturated heterocycles. The second kappa shape index (κ2) is 5.65. The third kappa shape index (κ3) is 3.12. The van der Waals surface area contributed by atoms with Crippen molar-refractivity contribution in [3.05, 3.63) is 17.5 Å². The lowest BCUT2D eigenvalue weighted by molar-refractivity contribution is -0.143. The zero-order valence-electron chi connectivity index (χ0n) is 14.1. The molecule has 1 N–H and O–H groups in total. The largest absolute Gasteiger partial charge is 0.480 e. The minimum Gasteiger partial charge on any atom is -0.480 e. The number of carbonyl (C=O) groups excluding carboxylic acids is 1. The first-order valence-electron chi connectivity index (χ1n) is 8.43. The molecule has 1 aromatic heterocycles. The highest BCUT2D eigenvalue weighted by Crippen LogP contribution is 2.42. The van der Waals surface area contributed by atoms with Crippen molar-refractivity contribution in [3.63, 3.8) is 0 Å². The number of aromatic nitrogens is 2. The minimum atomic E-state index is -0.921. The second-order valence-electron chi connectivity index (χ2n) is 7.66. The number of rotatable bonds is 3. The van der Waals surface area contributed by atoms with Crippen LogP contribution in [0.3, 0.4) is 0 Å². The average Bonchev–Trinajstić information content (AvgIpc) is 3.23. The Hall–Kier alpha value is -1.85. The van der Waals surface area contributed by atoms with E-state index in [0.29, 0.717) is 24.6 Å². The van der Waals surface area contributed by atoms with Crippen molar-refractivity contribution >= 4 is 11.9 Å². The van der Waals surface area contributed by atoms with Crippen molar-refractivity contribution in [1.82, 2.24) is 14.7 Å². The molecule has 0 aromatic carbocycles. The topological polar surface area (TPSA) is 75.4 Å².